The first-order chi connectivity index (χ1) is 14.6. The Morgan fingerprint density at radius 3 is 2.48 bits per heavy atom. The summed E-state index contributed by atoms with van der Waals surface area (Å²) in [6.45, 7) is 3.62. The molecule has 1 atom stereocenters. The summed E-state index contributed by atoms with van der Waals surface area (Å²) >= 11 is 1.35. The molecule has 0 saturated carbocycles. The summed E-state index contributed by atoms with van der Waals surface area (Å²) in [7, 11) is 1.28. The van der Waals surface area contributed by atoms with Gasteiger partial charge in [0.05, 0.1) is 22.0 Å². The summed E-state index contributed by atoms with van der Waals surface area (Å²) in [4.78, 5) is 17.4. The number of carbonyl (C=O) groups is 1. The van der Waals surface area contributed by atoms with E-state index in [-0.39, 0.29) is 10.8 Å². The molecule has 1 heterocycles. The number of amides is 1. The van der Waals surface area contributed by atoms with Gasteiger partial charge in [-0.15, -0.1) is 0 Å². The molecule has 0 unspecified atom stereocenters. The van der Waals surface area contributed by atoms with Crippen molar-refractivity contribution in [2.24, 2.45) is 7.05 Å². The Morgan fingerprint density at radius 2 is 1.84 bits per heavy atom. The standard InChI is InChI=1S/C22H26N4O3S2/c1-15-11-12-18(31(28,29)25(3)4)13-19(15)24-21(27)16(2)30-22-23-14-20(26(22)5)17-9-7-6-8-10-17/h6-14,16H,1-5H3,(H,24,27)/t16-/m0/s1. The van der Waals surface area contributed by atoms with Crippen molar-refractivity contribution in [2.75, 3.05) is 19.4 Å². The van der Waals surface area contributed by atoms with E-state index in [1.54, 1.807) is 19.2 Å². The summed E-state index contributed by atoms with van der Waals surface area (Å²) in [6, 6.07) is 14.7. The molecule has 0 fully saturated rings. The fraction of sp³-hybridized carbons (Fsp3) is 0.273. The normalized spacial score (nSPS) is 12.7. The zero-order chi connectivity index (χ0) is 22.8. The Hall–Kier alpha value is -2.62. The summed E-state index contributed by atoms with van der Waals surface area (Å²) in [5.74, 6) is -0.225. The van der Waals surface area contributed by atoms with E-state index >= 15 is 0 Å². The number of aromatic nitrogens is 2. The van der Waals surface area contributed by atoms with Crippen molar-refractivity contribution in [1.82, 2.24) is 13.9 Å². The Labute approximate surface area is 187 Å². The fourth-order valence-corrected chi connectivity index (χ4v) is 4.71. The predicted molar refractivity (Wildman–Crippen MR) is 125 cm³/mol. The van der Waals surface area contributed by atoms with Crippen LogP contribution < -0.4 is 5.32 Å². The van der Waals surface area contributed by atoms with Crippen LogP contribution in [0.3, 0.4) is 0 Å². The Kier molecular flexibility index (Phi) is 6.88. The number of hydrogen-bond donors (Lipinski definition) is 1. The topological polar surface area (TPSA) is 84.3 Å². The van der Waals surface area contributed by atoms with Gasteiger partial charge in [0.1, 0.15) is 0 Å². The van der Waals surface area contributed by atoms with Crippen LogP contribution in [-0.2, 0) is 21.9 Å². The van der Waals surface area contributed by atoms with Gasteiger partial charge in [-0.05, 0) is 37.1 Å². The second-order valence-corrected chi connectivity index (χ2v) is 10.8. The van der Waals surface area contributed by atoms with E-state index in [4.69, 9.17) is 0 Å². The van der Waals surface area contributed by atoms with Crippen molar-refractivity contribution < 1.29 is 13.2 Å². The highest BCUT2D eigenvalue weighted by atomic mass is 32.2. The number of anilines is 1. The molecule has 31 heavy (non-hydrogen) atoms. The van der Waals surface area contributed by atoms with Gasteiger partial charge < -0.3 is 9.88 Å². The third kappa shape index (κ3) is 5.00. The van der Waals surface area contributed by atoms with Gasteiger partial charge in [0.2, 0.25) is 15.9 Å². The van der Waals surface area contributed by atoms with Gasteiger partial charge in [-0.3, -0.25) is 4.79 Å². The monoisotopic (exact) mass is 458 g/mol. The average molecular weight is 459 g/mol. The number of imidazole rings is 1. The fourth-order valence-electron chi connectivity index (χ4n) is 2.93. The van der Waals surface area contributed by atoms with Crippen molar-refractivity contribution in [2.45, 2.75) is 29.1 Å². The van der Waals surface area contributed by atoms with Crippen molar-refractivity contribution in [3.63, 3.8) is 0 Å². The maximum absolute atomic E-state index is 12.8. The van der Waals surface area contributed by atoms with E-state index in [1.807, 2.05) is 48.9 Å². The maximum Gasteiger partial charge on any atom is 0.242 e. The largest absolute Gasteiger partial charge is 0.325 e. The van der Waals surface area contributed by atoms with Gasteiger partial charge in [0.25, 0.3) is 0 Å². The first-order valence-corrected chi connectivity index (χ1v) is 12.0. The van der Waals surface area contributed by atoms with Crippen LogP contribution in [0.4, 0.5) is 5.69 Å². The van der Waals surface area contributed by atoms with Crippen LogP contribution in [-0.4, -0.2) is 47.5 Å². The van der Waals surface area contributed by atoms with Crippen LogP contribution in [0, 0.1) is 6.92 Å². The lowest BCUT2D eigenvalue weighted by atomic mass is 10.2. The number of benzene rings is 2. The molecule has 1 N–H and O–H groups in total. The van der Waals surface area contributed by atoms with Gasteiger partial charge >= 0.3 is 0 Å². The lowest BCUT2D eigenvalue weighted by Crippen LogP contribution is -2.25. The third-order valence-corrected chi connectivity index (χ3v) is 7.88. The molecule has 0 saturated heterocycles. The molecule has 3 rings (SSSR count). The number of rotatable bonds is 7. The molecule has 9 heteroatoms. The Morgan fingerprint density at radius 1 is 1.16 bits per heavy atom. The highest BCUT2D eigenvalue weighted by Crippen LogP contribution is 2.28. The number of carbonyl (C=O) groups excluding carboxylic acids is 1. The smallest absolute Gasteiger partial charge is 0.242 e. The maximum atomic E-state index is 12.8. The van der Waals surface area contributed by atoms with Gasteiger partial charge in [0, 0.05) is 26.8 Å². The molecule has 0 radical (unpaired) electrons. The van der Waals surface area contributed by atoms with Crippen LogP contribution in [0.1, 0.15) is 12.5 Å². The molecule has 164 valence electrons. The van der Waals surface area contributed by atoms with Crippen molar-refractivity contribution in [1.29, 1.82) is 0 Å². The molecule has 0 bridgehead atoms. The molecule has 2 aromatic carbocycles. The number of aryl methyl sites for hydroxylation is 1. The van der Waals surface area contributed by atoms with Crippen LogP contribution in [0.5, 0.6) is 0 Å². The minimum absolute atomic E-state index is 0.135. The lowest BCUT2D eigenvalue weighted by Gasteiger charge is -2.16. The van der Waals surface area contributed by atoms with Crippen LogP contribution in [0.15, 0.2) is 64.8 Å². The Bertz CT molecular complexity index is 1190. The third-order valence-electron chi connectivity index (χ3n) is 4.91. The summed E-state index contributed by atoms with van der Waals surface area (Å²) < 4.78 is 27.9. The second-order valence-electron chi connectivity index (χ2n) is 7.36. The predicted octanol–water partition coefficient (Wildman–Crippen LogP) is 3.77. The van der Waals surface area contributed by atoms with Crippen molar-refractivity contribution in [3.8, 4) is 11.3 Å². The molecule has 1 aromatic heterocycles. The average Bonchev–Trinajstić information content (AvgIpc) is 3.10. The Balaban J connectivity index is 1.76. The molecule has 0 aliphatic carbocycles. The quantitative estimate of drug-likeness (QED) is 0.545. The molecular formula is C22H26N4O3S2. The minimum Gasteiger partial charge on any atom is -0.325 e. The molecule has 0 aliphatic heterocycles. The zero-order valence-corrected chi connectivity index (χ0v) is 19.8. The minimum atomic E-state index is -3.59. The number of thioether (sulfide) groups is 1. The van der Waals surface area contributed by atoms with Crippen molar-refractivity contribution >= 4 is 33.4 Å². The van der Waals surface area contributed by atoms with Gasteiger partial charge in [-0.2, -0.15) is 0 Å². The van der Waals surface area contributed by atoms with Crippen LogP contribution in [0.25, 0.3) is 11.3 Å². The van der Waals surface area contributed by atoms with Gasteiger partial charge in [-0.1, -0.05) is 48.2 Å². The number of nitrogens with zero attached hydrogens (tertiary/aromatic N) is 3. The molecular weight excluding hydrogens is 432 g/mol. The first-order valence-electron chi connectivity index (χ1n) is 9.69. The first kappa shape index (κ1) is 23.1. The van der Waals surface area contributed by atoms with E-state index in [1.165, 1.54) is 38.0 Å². The second kappa shape index (κ2) is 9.25. The SMILES string of the molecule is Cc1ccc(S(=O)(=O)N(C)C)cc1NC(=O)[C@H](C)Sc1ncc(-c2ccccc2)n1C. The number of hydrogen-bond acceptors (Lipinski definition) is 5. The van der Waals surface area contributed by atoms with Gasteiger partial charge in [-0.25, -0.2) is 17.7 Å². The number of sulfonamides is 1. The number of nitrogens with one attached hydrogen (secondary N) is 1. The van der Waals surface area contributed by atoms with Crippen LogP contribution >= 0.6 is 11.8 Å². The highest BCUT2D eigenvalue weighted by Gasteiger charge is 2.22. The van der Waals surface area contributed by atoms with Crippen LogP contribution in [0.2, 0.25) is 0 Å². The van der Waals surface area contributed by atoms with E-state index < -0.39 is 15.3 Å². The summed E-state index contributed by atoms with van der Waals surface area (Å²) in [6.07, 6.45) is 1.79. The van der Waals surface area contributed by atoms with E-state index in [9.17, 15) is 13.2 Å². The molecule has 1 amide bonds. The molecule has 0 aliphatic rings. The summed E-state index contributed by atoms with van der Waals surface area (Å²) in [5.41, 5.74) is 3.28. The van der Waals surface area contributed by atoms with E-state index in [0.717, 1.165) is 26.3 Å². The zero-order valence-electron chi connectivity index (χ0n) is 18.2. The molecule has 0 spiro atoms. The van der Waals surface area contributed by atoms with E-state index in [2.05, 4.69) is 10.3 Å². The molecule has 3 aromatic rings. The highest BCUT2D eigenvalue weighted by molar-refractivity contribution is 8.00. The van der Waals surface area contributed by atoms with E-state index in [0.29, 0.717) is 5.69 Å². The lowest BCUT2D eigenvalue weighted by molar-refractivity contribution is -0.115. The van der Waals surface area contributed by atoms with Gasteiger partial charge in [0.15, 0.2) is 5.16 Å². The van der Waals surface area contributed by atoms with Crippen molar-refractivity contribution in [3.05, 3.63) is 60.3 Å². The summed E-state index contributed by atoms with van der Waals surface area (Å²) in [5, 5.41) is 3.15. The molecule has 7 nitrogen and oxygen atoms in total.